The summed E-state index contributed by atoms with van der Waals surface area (Å²) in [6.07, 6.45) is 1.91. The average molecular weight is 228 g/mol. The first-order chi connectivity index (χ1) is 7.48. The molecule has 0 aliphatic carbocycles. The lowest BCUT2D eigenvalue weighted by Gasteiger charge is -2.21. The van der Waals surface area contributed by atoms with Crippen LogP contribution in [0.5, 0.6) is 0 Å². The lowest BCUT2D eigenvalue weighted by atomic mass is 9.99. The molecule has 16 heavy (non-hydrogen) atoms. The largest absolute Gasteiger partial charge is 0.466 e. The second kappa shape index (κ2) is 5.46. The Labute approximate surface area is 96.6 Å². The Kier molecular flexibility index (Phi) is 4.50. The van der Waals surface area contributed by atoms with E-state index in [1.165, 1.54) is 0 Å². The van der Waals surface area contributed by atoms with Gasteiger partial charge in [0, 0.05) is 5.92 Å². The molecular weight excluding hydrogens is 208 g/mol. The van der Waals surface area contributed by atoms with Crippen molar-refractivity contribution >= 4 is 5.97 Å². The van der Waals surface area contributed by atoms with Gasteiger partial charge in [-0.15, -0.1) is 6.58 Å². The van der Waals surface area contributed by atoms with Crippen molar-refractivity contribution < 1.29 is 19.0 Å². The molecule has 0 amide bonds. The SMILES string of the molecule is C=C[C@@H](CC(=O)OCC)[C@H]1COC(C)(C)O1. The first kappa shape index (κ1) is 13.2. The number of carbonyl (C=O) groups excluding carboxylic acids is 1. The van der Waals surface area contributed by atoms with E-state index in [2.05, 4.69) is 6.58 Å². The van der Waals surface area contributed by atoms with Crippen LogP contribution < -0.4 is 0 Å². The highest BCUT2D eigenvalue weighted by Crippen LogP contribution is 2.28. The zero-order valence-corrected chi connectivity index (χ0v) is 10.2. The summed E-state index contributed by atoms with van der Waals surface area (Å²) in [5, 5.41) is 0. The molecule has 1 saturated heterocycles. The van der Waals surface area contributed by atoms with Crippen molar-refractivity contribution in [3.05, 3.63) is 12.7 Å². The predicted octanol–water partition coefficient (Wildman–Crippen LogP) is 1.89. The Hall–Kier alpha value is -0.870. The molecule has 0 aromatic heterocycles. The van der Waals surface area contributed by atoms with Crippen LogP contribution in [0.2, 0.25) is 0 Å². The Morgan fingerprint density at radius 2 is 2.38 bits per heavy atom. The highest BCUT2D eigenvalue weighted by atomic mass is 16.7. The van der Waals surface area contributed by atoms with Crippen molar-refractivity contribution in [3.63, 3.8) is 0 Å². The summed E-state index contributed by atoms with van der Waals surface area (Å²) in [7, 11) is 0. The summed E-state index contributed by atoms with van der Waals surface area (Å²) in [5.41, 5.74) is 0. The van der Waals surface area contributed by atoms with Crippen LogP contribution in [0.4, 0.5) is 0 Å². The minimum absolute atomic E-state index is 0.0548. The fourth-order valence-electron chi connectivity index (χ4n) is 1.71. The normalized spacial score (nSPS) is 25.1. The molecule has 2 atom stereocenters. The number of esters is 1. The molecule has 0 aromatic carbocycles. The van der Waals surface area contributed by atoms with Crippen LogP contribution in [0, 0.1) is 5.92 Å². The van der Waals surface area contributed by atoms with Gasteiger partial charge in [0.25, 0.3) is 0 Å². The Bertz CT molecular complexity index is 260. The Morgan fingerprint density at radius 3 is 2.81 bits per heavy atom. The van der Waals surface area contributed by atoms with E-state index < -0.39 is 5.79 Å². The van der Waals surface area contributed by atoms with Gasteiger partial charge in [0.05, 0.1) is 25.7 Å². The zero-order valence-electron chi connectivity index (χ0n) is 10.2. The molecule has 0 radical (unpaired) electrons. The quantitative estimate of drug-likeness (QED) is 0.532. The standard InChI is InChI=1S/C12H20O4/c1-5-9(7-11(13)14-6-2)10-8-15-12(3,4)16-10/h5,9-10H,1,6-8H2,2-4H3/t9-,10+/m0/s1. The molecule has 0 aromatic rings. The summed E-state index contributed by atoms with van der Waals surface area (Å²) in [5.74, 6) is -0.845. The van der Waals surface area contributed by atoms with Gasteiger partial charge in [-0.1, -0.05) is 6.08 Å². The third-order valence-corrected chi connectivity index (χ3v) is 2.52. The number of carbonyl (C=O) groups is 1. The monoisotopic (exact) mass is 228 g/mol. The third-order valence-electron chi connectivity index (χ3n) is 2.52. The molecule has 0 N–H and O–H groups in total. The van der Waals surface area contributed by atoms with Crippen molar-refractivity contribution in [2.45, 2.75) is 39.1 Å². The maximum atomic E-state index is 11.4. The van der Waals surface area contributed by atoms with Crippen molar-refractivity contribution in [1.29, 1.82) is 0 Å². The molecule has 4 heteroatoms. The fourth-order valence-corrected chi connectivity index (χ4v) is 1.71. The van der Waals surface area contributed by atoms with E-state index in [1.54, 1.807) is 13.0 Å². The summed E-state index contributed by atoms with van der Waals surface area (Å²) < 4.78 is 16.0. The maximum absolute atomic E-state index is 11.4. The second-order valence-corrected chi connectivity index (χ2v) is 4.28. The highest BCUT2D eigenvalue weighted by Gasteiger charge is 2.37. The molecule has 0 unspecified atom stereocenters. The van der Waals surface area contributed by atoms with E-state index in [-0.39, 0.29) is 18.0 Å². The molecule has 1 aliphatic rings. The van der Waals surface area contributed by atoms with Crippen molar-refractivity contribution in [3.8, 4) is 0 Å². The number of rotatable bonds is 5. The van der Waals surface area contributed by atoms with Crippen LogP contribution in [0.3, 0.4) is 0 Å². The molecule has 0 spiro atoms. The van der Waals surface area contributed by atoms with Crippen LogP contribution in [0.25, 0.3) is 0 Å². The molecule has 92 valence electrons. The minimum atomic E-state index is -0.569. The minimum Gasteiger partial charge on any atom is -0.466 e. The van der Waals surface area contributed by atoms with E-state index in [4.69, 9.17) is 14.2 Å². The molecule has 1 rings (SSSR count). The van der Waals surface area contributed by atoms with Crippen LogP contribution in [0.1, 0.15) is 27.2 Å². The van der Waals surface area contributed by atoms with Crippen molar-refractivity contribution in [2.75, 3.05) is 13.2 Å². The Morgan fingerprint density at radius 1 is 1.69 bits per heavy atom. The van der Waals surface area contributed by atoms with Gasteiger partial charge >= 0.3 is 5.97 Å². The topological polar surface area (TPSA) is 44.8 Å². The van der Waals surface area contributed by atoms with E-state index in [1.807, 2.05) is 13.8 Å². The summed E-state index contributed by atoms with van der Waals surface area (Å²) in [6.45, 7) is 10.1. The fraction of sp³-hybridized carbons (Fsp3) is 0.750. The van der Waals surface area contributed by atoms with Gasteiger partial charge in [-0.3, -0.25) is 4.79 Å². The summed E-state index contributed by atoms with van der Waals surface area (Å²) >= 11 is 0. The van der Waals surface area contributed by atoms with Gasteiger partial charge in [0.15, 0.2) is 5.79 Å². The smallest absolute Gasteiger partial charge is 0.306 e. The van der Waals surface area contributed by atoms with Gasteiger partial charge in [-0.05, 0) is 20.8 Å². The molecule has 1 heterocycles. The Balaban J connectivity index is 2.49. The van der Waals surface area contributed by atoms with Crippen molar-refractivity contribution in [1.82, 2.24) is 0 Å². The number of hydrogen-bond acceptors (Lipinski definition) is 4. The number of hydrogen-bond donors (Lipinski definition) is 0. The van der Waals surface area contributed by atoms with Crippen LogP contribution >= 0.6 is 0 Å². The lowest BCUT2D eigenvalue weighted by Crippen LogP contribution is -2.27. The molecule has 1 fully saturated rings. The molecular formula is C12H20O4. The molecule has 4 nitrogen and oxygen atoms in total. The van der Waals surface area contributed by atoms with Gasteiger partial charge in [-0.2, -0.15) is 0 Å². The van der Waals surface area contributed by atoms with Crippen LogP contribution in [-0.2, 0) is 19.0 Å². The van der Waals surface area contributed by atoms with E-state index in [0.29, 0.717) is 19.6 Å². The maximum Gasteiger partial charge on any atom is 0.306 e. The summed E-state index contributed by atoms with van der Waals surface area (Å²) in [6, 6.07) is 0. The van der Waals surface area contributed by atoms with Crippen LogP contribution in [0.15, 0.2) is 12.7 Å². The van der Waals surface area contributed by atoms with E-state index in [0.717, 1.165) is 0 Å². The molecule has 0 bridgehead atoms. The van der Waals surface area contributed by atoms with E-state index in [9.17, 15) is 4.79 Å². The van der Waals surface area contributed by atoms with Gasteiger partial charge in [-0.25, -0.2) is 0 Å². The first-order valence-electron chi connectivity index (χ1n) is 5.58. The van der Waals surface area contributed by atoms with Gasteiger partial charge in [0.2, 0.25) is 0 Å². The average Bonchev–Trinajstić information content (AvgIpc) is 2.55. The predicted molar refractivity (Wildman–Crippen MR) is 59.8 cm³/mol. The number of ether oxygens (including phenoxy) is 3. The zero-order chi connectivity index (χ0) is 12.2. The van der Waals surface area contributed by atoms with Gasteiger partial charge < -0.3 is 14.2 Å². The molecule has 0 saturated carbocycles. The van der Waals surface area contributed by atoms with Gasteiger partial charge in [0.1, 0.15) is 0 Å². The molecule has 1 aliphatic heterocycles. The van der Waals surface area contributed by atoms with Crippen molar-refractivity contribution in [2.24, 2.45) is 5.92 Å². The highest BCUT2D eigenvalue weighted by molar-refractivity contribution is 5.70. The second-order valence-electron chi connectivity index (χ2n) is 4.28. The lowest BCUT2D eigenvalue weighted by molar-refractivity contribution is -0.151. The van der Waals surface area contributed by atoms with E-state index >= 15 is 0 Å². The summed E-state index contributed by atoms with van der Waals surface area (Å²) in [4.78, 5) is 11.4. The third kappa shape index (κ3) is 3.61. The van der Waals surface area contributed by atoms with Crippen LogP contribution in [-0.4, -0.2) is 31.1 Å². The first-order valence-corrected chi connectivity index (χ1v) is 5.58.